The van der Waals surface area contributed by atoms with E-state index in [1.54, 1.807) is 43.0 Å². The zero-order chi connectivity index (χ0) is 19.1. The van der Waals surface area contributed by atoms with Crippen molar-refractivity contribution in [3.05, 3.63) is 94.0 Å². The third-order valence-electron chi connectivity index (χ3n) is 3.98. The van der Waals surface area contributed by atoms with Gasteiger partial charge >= 0.3 is 0 Å². The van der Waals surface area contributed by atoms with Crippen LogP contribution in [0.5, 0.6) is 0 Å². The molecule has 0 saturated carbocycles. The van der Waals surface area contributed by atoms with E-state index in [1.807, 2.05) is 24.3 Å². The number of aromatic nitrogens is 2. The lowest BCUT2D eigenvalue weighted by Crippen LogP contribution is -2.37. The molecule has 2 aromatic heterocycles. The molecule has 0 bridgehead atoms. The fraction of sp³-hybridized carbons (Fsp3) is 0.150. The van der Waals surface area contributed by atoms with Crippen molar-refractivity contribution < 1.29 is 4.79 Å². The first-order valence-electron chi connectivity index (χ1n) is 8.37. The molecule has 0 aliphatic carbocycles. The number of rotatable bonds is 7. The van der Waals surface area contributed by atoms with Crippen LogP contribution in [-0.2, 0) is 17.9 Å². The highest BCUT2D eigenvalue weighted by Gasteiger charge is 2.23. The Morgan fingerprint density at radius 2 is 1.78 bits per heavy atom. The molecule has 138 valence electrons. The molecule has 3 rings (SSSR count). The van der Waals surface area contributed by atoms with Crippen LogP contribution in [0.25, 0.3) is 0 Å². The Morgan fingerprint density at radius 1 is 0.963 bits per heavy atom. The molecule has 2 N–H and O–H groups in total. The Morgan fingerprint density at radius 3 is 2.52 bits per heavy atom. The van der Waals surface area contributed by atoms with Gasteiger partial charge in [0.05, 0.1) is 0 Å². The molecule has 1 amide bonds. The quantitative estimate of drug-likeness (QED) is 0.630. The molecule has 3 aromatic rings. The van der Waals surface area contributed by atoms with E-state index in [9.17, 15) is 4.79 Å². The lowest BCUT2D eigenvalue weighted by Gasteiger charge is -2.20. The normalized spacial score (nSPS) is 11.8. The highest BCUT2D eigenvalue weighted by Crippen LogP contribution is 2.27. The lowest BCUT2D eigenvalue weighted by atomic mass is 10.1. The highest BCUT2D eigenvalue weighted by atomic mass is 35.5. The monoisotopic (exact) mass is 400 g/mol. The Bertz CT molecular complexity index is 891. The number of carbonyl (C=O) groups is 1. The van der Waals surface area contributed by atoms with E-state index in [2.05, 4.69) is 20.6 Å². The maximum absolute atomic E-state index is 12.9. The Hall–Kier alpha value is -2.47. The topological polar surface area (TPSA) is 66.9 Å². The van der Waals surface area contributed by atoms with Gasteiger partial charge in [-0.25, -0.2) is 0 Å². The van der Waals surface area contributed by atoms with E-state index in [0.29, 0.717) is 28.7 Å². The molecular formula is C20H18Cl2N4O. The molecule has 1 atom stereocenters. The molecule has 1 aromatic carbocycles. The largest absolute Gasteiger partial charge is 0.350 e. The number of halogens is 2. The van der Waals surface area contributed by atoms with Crippen LogP contribution in [0.2, 0.25) is 10.0 Å². The lowest BCUT2D eigenvalue weighted by molar-refractivity contribution is -0.123. The fourth-order valence-corrected chi connectivity index (χ4v) is 3.00. The summed E-state index contributed by atoms with van der Waals surface area (Å²) in [5.41, 5.74) is 2.55. The second-order valence-corrected chi connectivity index (χ2v) is 6.76. The second-order valence-electron chi connectivity index (χ2n) is 5.91. The molecule has 2 heterocycles. The van der Waals surface area contributed by atoms with Gasteiger partial charge in [-0.05, 0) is 53.1 Å². The van der Waals surface area contributed by atoms with Crippen molar-refractivity contribution >= 4 is 29.1 Å². The van der Waals surface area contributed by atoms with Gasteiger partial charge in [0.25, 0.3) is 0 Å². The molecule has 7 heteroatoms. The van der Waals surface area contributed by atoms with Crippen molar-refractivity contribution in [3.63, 3.8) is 0 Å². The fourth-order valence-electron chi connectivity index (χ4n) is 2.59. The number of carbonyl (C=O) groups excluding carboxylic acids is 1. The SMILES string of the molecule is O=C(NCc1ccncc1)C(NCc1cccnc1)c1cc(Cl)ccc1Cl. The van der Waals surface area contributed by atoms with Crippen molar-refractivity contribution in [2.24, 2.45) is 0 Å². The zero-order valence-electron chi connectivity index (χ0n) is 14.4. The van der Waals surface area contributed by atoms with E-state index in [-0.39, 0.29) is 5.91 Å². The number of hydrogen-bond donors (Lipinski definition) is 2. The summed E-state index contributed by atoms with van der Waals surface area (Å²) in [6.07, 6.45) is 6.83. The van der Waals surface area contributed by atoms with Crippen LogP contribution in [0.4, 0.5) is 0 Å². The summed E-state index contributed by atoms with van der Waals surface area (Å²) >= 11 is 12.5. The Labute approximate surface area is 167 Å². The molecule has 0 fully saturated rings. The number of nitrogens with zero attached hydrogens (tertiary/aromatic N) is 2. The molecule has 5 nitrogen and oxygen atoms in total. The summed E-state index contributed by atoms with van der Waals surface area (Å²) in [5, 5.41) is 7.18. The number of pyridine rings is 2. The number of amides is 1. The molecular weight excluding hydrogens is 383 g/mol. The predicted octanol–water partition coefficient (Wildman–Crippen LogP) is 3.93. The van der Waals surface area contributed by atoms with Crippen LogP contribution in [-0.4, -0.2) is 15.9 Å². The molecule has 0 radical (unpaired) electrons. The summed E-state index contributed by atoms with van der Waals surface area (Å²) in [6.45, 7) is 0.856. The van der Waals surface area contributed by atoms with Crippen LogP contribution in [0.3, 0.4) is 0 Å². The van der Waals surface area contributed by atoms with Crippen molar-refractivity contribution in [2.75, 3.05) is 0 Å². The van der Waals surface area contributed by atoms with Gasteiger partial charge in [-0.1, -0.05) is 29.3 Å². The van der Waals surface area contributed by atoms with Gasteiger partial charge in [0.15, 0.2) is 0 Å². The van der Waals surface area contributed by atoms with E-state index >= 15 is 0 Å². The second kappa shape index (κ2) is 9.46. The minimum atomic E-state index is -0.654. The summed E-state index contributed by atoms with van der Waals surface area (Å²) in [4.78, 5) is 21.0. The summed E-state index contributed by atoms with van der Waals surface area (Å²) in [7, 11) is 0. The standard InChI is InChI=1S/C20H18Cl2N4O/c21-16-3-4-18(22)17(10-16)19(25-13-15-2-1-7-24-11-15)20(27)26-12-14-5-8-23-9-6-14/h1-11,19,25H,12-13H2,(H,26,27). The van der Waals surface area contributed by atoms with Crippen LogP contribution >= 0.6 is 23.2 Å². The van der Waals surface area contributed by atoms with Gasteiger partial charge in [0.2, 0.25) is 5.91 Å². The van der Waals surface area contributed by atoms with E-state index < -0.39 is 6.04 Å². The van der Waals surface area contributed by atoms with Crippen LogP contribution in [0, 0.1) is 0 Å². The average molecular weight is 401 g/mol. The maximum Gasteiger partial charge on any atom is 0.242 e. The summed E-state index contributed by atoms with van der Waals surface area (Å²) < 4.78 is 0. The van der Waals surface area contributed by atoms with Gasteiger partial charge in [-0.2, -0.15) is 0 Å². The third-order valence-corrected chi connectivity index (χ3v) is 4.56. The van der Waals surface area contributed by atoms with Gasteiger partial charge in [0.1, 0.15) is 6.04 Å². The first-order valence-corrected chi connectivity index (χ1v) is 9.13. The van der Waals surface area contributed by atoms with E-state index in [0.717, 1.165) is 11.1 Å². The van der Waals surface area contributed by atoms with Crippen molar-refractivity contribution in [1.29, 1.82) is 0 Å². The average Bonchev–Trinajstić information content (AvgIpc) is 2.70. The molecule has 0 aliphatic heterocycles. The zero-order valence-corrected chi connectivity index (χ0v) is 15.9. The Kier molecular flexibility index (Phi) is 6.76. The summed E-state index contributed by atoms with van der Waals surface area (Å²) in [6, 6.07) is 11.9. The number of benzene rings is 1. The van der Waals surface area contributed by atoms with Gasteiger partial charge in [-0.15, -0.1) is 0 Å². The van der Waals surface area contributed by atoms with Gasteiger partial charge in [0, 0.05) is 47.9 Å². The van der Waals surface area contributed by atoms with Crippen LogP contribution in [0.15, 0.2) is 67.3 Å². The minimum Gasteiger partial charge on any atom is -0.350 e. The molecule has 0 spiro atoms. The van der Waals surface area contributed by atoms with Crippen LogP contribution in [0.1, 0.15) is 22.7 Å². The van der Waals surface area contributed by atoms with Crippen LogP contribution < -0.4 is 10.6 Å². The Balaban J connectivity index is 1.77. The first-order chi connectivity index (χ1) is 13.1. The molecule has 0 aliphatic rings. The number of hydrogen-bond acceptors (Lipinski definition) is 4. The molecule has 0 saturated heterocycles. The first kappa shape index (κ1) is 19.3. The van der Waals surface area contributed by atoms with Gasteiger partial charge in [-0.3, -0.25) is 20.1 Å². The minimum absolute atomic E-state index is 0.195. The molecule has 27 heavy (non-hydrogen) atoms. The third kappa shape index (κ3) is 5.50. The number of nitrogens with one attached hydrogen (secondary N) is 2. The predicted molar refractivity (Wildman–Crippen MR) is 106 cm³/mol. The van der Waals surface area contributed by atoms with Crippen molar-refractivity contribution in [1.82, 2.24) is 20.6 Å². The van der Waals surface area contributed by atoms with E-state index in [4.69, 9.17) is 23.2 Å². The van der Waals surface area contributed by atoms with Crippen molar-refractivity contribution in [3.8, 4) is 0 Å². The van der Waals surface area contributed by atoms with E-state index in [1.165, 1.54) is 0 Å². The highest BCUT2D eigenvalue weighted by molar-refractivity contribution is 6.33. The smallest absolute Gasteiger partial charge is 0.242 e. The van der Waals surface area contributed by atoms with Gasteiger partial charge < -0.3 is 5.32 Å². The van der Waals surface area contributed by atoms with Crippen molar-refractivity contribution in [2.45, 2.75) is 19.1 Å². The molecule has 1 unspecified atom stereocenters. The summed E-state index contributed by atoms with van der Waals surface area (Å²) in [5.74, 6) is -0.195. The maximum atomic E-state index is 12.9.